The molecule has 0 aliphatic rings. The van der Waals surface area contributed by atoms with Gasteiger partial charge in [-0.15, -0.1) is 0 Å². The average molecular weight is 293 g/mol. The number of nitrogen functional groups attached to an aromatic ring is 1. The van der Waals surface area contributed by atoms with Crippen LogP contribution >= 0.6 is 0 Å². The molecule has 0 radical (unpaired) electrons. The van der Waals surface area contributed by atoms with Crippen LogP contribution in [-0.2, 0) is 10.0 Å². The lowest BCUT2D eigenvalue weighted by Crippen LogP contribution is -2.14. The Morgan fingerprint density at radius 2 is 2.00 bits per heavy atom. The van der Waals surface area contributed by atoms with Gasteiger partial charge in [0.05, 0.1) is 17.7 Å². The van der Waals surface area contributed by atoms with Crippen molar-refractivity contribution in [2.75, 3.05) is 17.6 Å². The molecular weight excluding hydrogens is 278 g/mol. The molecule has 0 bridgehead atoms. The van der Waals surface area contributed by atoms with Gasteiger partial charge in [0.1, 0.15) is 11.6 Å². The van der Waals surface area contributed by atoms with Crippen LogP contribution in [0.3, 0.4) is 0 Å². The Morgan fingerprint density at radius 1 is 1.25 bits per heavy atom. The van der Waals surface area contributed by atoms with Crippen LogP contribution in [0.4, 0.5) is 11.5 Å². The molecule has 20 heavy (non-hydrogen) atoms. The summed E-state index contributed by atoms with van der Waals surface area (Å²) in [6, 6.07) is 7.70. The fourth-order valence-electron chi connectivity index (χ4n) is 1.67. The predicted octanol–water partition coefficient (Wildman–Crippen LogP) is 1.78. The van der Waals surface area contributed by atoms with Crippen molar-refractivity contribution >= 4 is 21.5 Å². The van der Waals surface area contributed by atoms with Gasteiger partial charge in [-0.2, -0.15) is 0 Å². The van der Waals surface area contributed by atoms with Gasteiger partial charge in [-0.25, -0.2) is 13.4 Å². The molecule has 0 aliphatic carbocycles. The number of nitrogens with one attached hydrogen (secondary N) is 1. The van der Waals surface area contributed by atoms with E-state index in [0.717, 1.165) is 5.56 Å². The van der Waals surface area contributed by atoms with E-state index in [9.17, 15) is 8.42 Å². The van der Waals surface area contributed by atoms with E-state index >= 15 is 0 Å². The van der Waals surface area contributed by atoms with Crippen molar-refractivity contribution < 1.29 is 13.2 Å². The highest BCUT2D eigenvalue weighted by Crippen LogP contribution is 2.25. The summed E-state index contributed by atoms with van der Waals surface area (Å²) in [6.07, 6.45) is 1.54. The molecule has 0 spiro atoms. The second kappa shape index (κ2) is 5.38. The van der Waals surface area contributed by atoms with Gasteiger partial charge in [-0.05, 0) is 42.8 Å². The maximum Gasteiger partial charge on any atom is 0.263 e. The Morgan fingerprint density at radius 3 is 2.60 bits per heavy atom. The maximum atomic E-state index is 12.2. The molecule has 0 unspecified atom stereocenters. The van der Waals surface area contributed by atoms with Crippen molar-refractivity contribution in [2.45, 2.75) is 11.8 Å². The number of sulfonamides is 1. The molecule has 3 N–H and O–H groups in total. The number of pyridine rings is 1. The summed E-state index contributed by atoms with van der Waals surface area (Å²) in [5.74, 6) is 0.692. The Balaban J connectivity index is 2.33. The smallest absolute Gasteiger partial charge is 0.263 e. The standard InChI is InChI=1S/C13H15N3O3S/c1-9-5-6-15-13(7-9)16-20(17,18)10-3-4-12(19-2)11(14)8-10/h3-8H,14H2,1-2H3,(H,15,16). The normalized spacial score (nSPS) is 11.1. The van der Waals surface area contributed by atoms with Gasteiger partial charge in [-0.3, -0.25) is 4.72 Å². The molecule has 0 amide bonds. The van der Waals surface area contributed by atoms with Crippen molar-refractivity contribution in [3.8, 4) is 5.75 Å². The second-order valence-electron chi connectivity index (χ2n) is 4.23. The zero-order chi connectivity index (χ0) is 14.8. The van der Waals surface area contributed by atoms with Gasteiger partial charge >= 0.3 is 0 Å². The van der Waals surface area contributed by atoms with Crippen LogP contribution in [0.5, 0.6) is 5.75 Å². The van der Waals surface area contributed by atoms with Crippen LogP contribution in [0.25, 0.3) is 0 Å². The van der Waals surface area contributed by atoms with Crippen molar-refractivity contribution in [3.63, 3.8) is 0 Å². The molecule has 0 saturated heterocycles. The maximum absolute atomic E-state index is 12.2. The number of methoxy groups -OCH3 is 1. The third-order valence-corrected chi connectivity index (χ3v) is 4.02. The first kappa shape index (κ1) is 14.1. The van der Waals surface area contributed by atoms with Crippen LogP contribution in [0.1, 0.15) is 5.56 Å². The van der Waals surface area contributed by atoms with Crippen LogP contribution in [0.15, 0.2) is 41.4 Å². The van der Waals surface area contributed by atoms with Gasteiger partial charge in [0.25, 0.3) is 10.0 Å². The first-order chi connectivity index (χ1) is 9.42. The van der Waals surface area contributed by atoms with Crippen molar-refractivity contribution in [1.82, 2.24) is 4.98 Å². The summed E-state index contributed by atoms with van der Waals surface area (Å²) >= 11 is 0. The van der Waals surface area contributed by atoms with Gasteiger partial charge in [0.2, 0.25) is 0 Å². The molecule has 0 aliphatic heterocycles. The predicted molar refractivity (Wildman–Crippen MR) is 77.2 cm³/mol. The summed E-state index contributed by atoms with van der Waals surface area (Å²) in [4.78, 5) is 4.01. The molecule has 0 saturated carbocycles. The van der Waals surface area contributed by atoms with Gasteiger partial charge in [0, 0.05) is 6.20 Å². The van der Waals surface area contributed by atoms with E-state index in [1.165, 1.54) is 31.5 Å². The number of nitrogens with two attached hydrogens (primary N) is 1. The highest BCUT2D eigenvalue weighted by molar-refractivity contribution is 7.92. The number of rotatable bonds is 4. The summed E-state index contributed by atoms with van der Waals surface area (Å²) in [6.45, 7) is 1.85. The lowest BCUT2D eigenvalue weighted by atomic mass is 10.3. The van der Waals surface area contributed by atoms with Crippen LogP contribution < -0.4 is 15.2 Å². The molecule has 0 atom stereocenters. The highest BCUT2D eigenvalue weighted by atomic mass is 32.2. The summed E-state index contributed by atoms with van der Waals surface area (Å²) in [5.41, 5.74) is 6.88. The molecule has 106 valence electrons. The molecule has 7 heteroatoms. The number of hydrogen-bond acceptors (Lipinski definition) is 5. The molecule has 0 fully saturated rings. The number of benzene rings is 1. The number of nitrogens with zero attached hydrogens (tertiary/aromatic N) is 1. The quantitative estimate of drug-likeness (QED) is 0.838. The SMILES string of the molecule is COc1ccc(S(=O)(=O)Nc2cc(C)ccn2)cc1N. The van der Waals surface area contributed by atoms with E-state index in [-0.39, 0.29) is 16.4 Å². The number of ether oxygens (including phenoxy) is 1. The third kappa shape index (κ3) is 3.00. The van der Waals surface area contributed by atoms with E-state index in [2.05, 4.69) is 9.71 Å². The molecule has 2 aromatic rings. The molecule has 2 rings (SSSR count). The number of aryl methyl sites for hydroxylation is 1. The Kier molecular flexibility index (Phi) is 3.80. The third-order valence-electron chi connectivity index (χ3n) is 2.67. The highest BCUT2D eigenvalue weighted by Gasteiger charge is 2.16. The number of aromatic nitrogens is 1. The summed E-state index contributed by atoms with van der Waals surface area (Å²) < 4.78 is 31.8. The number of hydrogen-bond donors (Lipinski definition) is 2. The van der Waals surface area contributed by atoms with Crippen LogP contribution in [-0.4, -0.2) is 20.5 Å². The molecule has 1 aromatic carbocycles. The number of anilines is 2. The molecule has 1 heterocycles. The molecule has 6 nitrogen and oxygen atoms in total. The summed E-state index contributed by atoms with van der Waals surface area (Å²) in [7, 11) is -2.26. The monoisotopic (exact) mass is 293 g/mol. The molecule has 1 aromatic heterocycles. The van der Waals surface area contributed by atoms with Crippen LogP contribution in [0, 0.1) is 6.92 Å². The lowest BCUT2D eigenvalue weighted by molar-refractivity contribution is 0.416. The van der Waals surface area contributed by atoms with E-state index < -0.39 is 10.0 Å². The average Bonchev–Trinajstić information content (AvgIpc) is 2.38. The lowest BCUT2D eigenvalue weighted by Gasteiger charge is -2.10. The minimum atomic E-state index is -3.73. The van der Waals surface area contributed by atoms with E-state index in [1.54, 1.807) is 12.1 Å². The Hall–Kier alpha value is -2.28. The van der Waals surface area contributed by atoms with Crippen LogP contribution in [0.2, 0.25) is 0 Å². The van der Waals surface area contributed by atoms with Crippen molar-refractivity contribution in [3.05, 3.63) is 42.1 Å². The van der Waals surface area contributed by atoms with Gasteiger partial charge in [0.15, 0.2) is 0 Å². The Labute approximate surface area is 117 Å². The zero-order valence-corrected chi connectivity index (χ0v) is 11.9. The van der Waals surface area contributed by atoms with Gasteiger partial charge < -0.3 is 10.5 Å². The second-order valence-corrected chi connectivity index (χ2v) is 5.91. The summed E-state index contributed by atoms with van der Waals surface area (Å²) in [5, 5.41) is 0. The van der Waals surface area contributed by atoms with E-state index in [1.807, 2.05) is 6.92 Å². The van der Waals surface area contributed by atoms with Crippen molar-refractivity contribution in [2.24, 2.45) is 0 Å². The minimum Gasteiger partial charge on any atom is -0.495 e. The minimum absolute atomic E-state index is 0.0547. The Bertz CT molecular complexity index is 729. The van der Waals surface area contributed by atoms with Crippen molar-refractivity contribution in [1.29, 1.82) is 0 Å². The van der Waals surface area contributed by atoms with E-state index in [4.69, 9.17) is 10.5 Å². The molecular formula is C13H15N3O3S. The van der Waals surface area contributed by atoms with E-state index in [0.29, 0.717) is 5.75 Å². The first-order valence-electron chi connectivity index (χ1n) is 5.81. The fourth-order valence-corrected chi connectivity index (χ4v) is 2.70. The van der Waals surface area contributed by atoms with Gasteiger partial charge in [-0.1, -0.05) is 0 Å². The topological polar surface area (TPSA) is 94.3 Å². The fraction of sp³-hybridized carbons (Fsp3) is 0.154. The first-order valence-corrected chi connectivity index (χ1v) is 7.29. The largest absolute Gasteiger partial charge is 0.495 e. The zero-order valence-electron chi connectivity index (χ0n) is 11.1.